The van der Waals surface area contributed by atoms with E-state index in [0.717, 1.165) is 0 Å². The molecule has 6 nitrogen and oxygen atoms in total. The second-order valence-electron chi connectivity index (χ2n) is 3.92. The number of carbonyl (C=O) groups is 1. The number of aryl methyl sites for hydroxylation is 1. The second kappa shape index (κ2) is 5.34. The zero-order chi connectivity index (χ0) is 13.8. The van der Waals surface area contributed by atoms with E-state index in [4.69, 9.17) is 4.74 Å². The van der Waals surface area contributed by atoms with Gasteiger partial charge in [0.2, 0.25) is 0 Å². The molecule has 0 saturated heterocycles. The minimum atomic E-state index is -0.512. The molecule has 0 unspecified atom stereocenters. The third-order valence-corrected chi connectivity index (χ3v) is 2.51. The monoisotopic (exact) mass is 259 g/mol. The van der Waals surface area contributed by atoms with Crippen LogP contribution >= 0.6 is 0 Å². The summed E-state index contributed by atoms with van der Waals surface area (Å²) in [6.45, 7) is 1.74. The van der Waals surface area contributed by atoms with E-state index >= 15 is 0 Å². The molecule has 2 N–H and O–H groups in total. The van der Waals surface area contributed by atoms with Crippen molar-refractivity contribution in [3.05, 3.63) is 52.1 Å². The summed E-state index contributed by atoms with van der Waals surface area (Å²) < 4.78 is 5.02. The van der Waals surface area contributed by atoms with Gasteiger partial charge in [0.05, 0.1) is 7.11 Å². The van der Waals surface area contributed by atoms with E-state index < -0.39 is 11.5 Å². The molecular weight excluding hydrogens is 246 g/mol. The van der Waals surface area contributed by atoms with Crippen molar-refractivity contribution >= 4 is 11.7 Å². The summed E-state index contributed by atoms with van der Waals surface area (Å²) >= 11 is 0. The lowest BCUT2D eigenvalue weighted by Gasteiger charge is -2.05. The van der Waals surface area contributed by atoms with Crippen molar-refractivity contribution in [1.29, 1.82) is 0 Å². The molecule has 0 aromatic carbocycles. The summed E-state index contributed by atoms with van der Waals surface area (Å²) in [5.74, 6) is 0.384. The van der Waals surface area contributed by atoms with Crippen LogP contribution in [0.15, 0.2) is 35.3 Å². The number of nitrogens with one attached hydrogen (secondary N) is 2. The highest BCUT2D eigenvalue weighted by atomic mass is 16.5. The molecule has 6 heteroatoms. The Labute approximate surface area is 109 Å². The summed E-state index contributed by atoms with van der Waals surface area (Å²) in [4.78, 5) is 30.1. The molecule has 2 aromatic heterocycles. The van der Waals surface area contributed by atoms with Gasteiger partial charge in [0.15, 0.2) is 0 Å². The number of aromatic nitrogens is 2. The van der Waals surface area contributed by atoms with E-state index in [2.05, 4.69) is 15.3 Å². The fraction of sp³-hybridized carbons (Fsp3) is 0.154. The molecule has 2 heterocycles. The van der Waals surface area contributed by atoms with Crippen molar-refractivity contribution in [3.63, 3.8) is 0 Å². The number of methoxy groups -OCH3 is 1. The first kappa shape index (κ1) is 12.8. The molecule has 0 saturated carbocycles. The largest absolute Gasteiger partial charge is 0.497 e. The standard InChI is InChI=1S/C13H13N3O3/c1-8-3-4-10(12(17)15-8)13(18)16-11-7-9(19-2)5-6-14-11/h3-7H,1-2H3,(H,15,17)(H,14,16,18). The molecule has 19 heavy (non-hydrogen) atoms. The summed E-state index contributed by atoms with van der Waals surface area (Å²) in [6, 6.07) is 6.37. The van der Waals surface area contributed by atoms with Gasteiger partial charge in [0.1, 0.15) is 17.1 Å². The first-order chi connectivity index (χ1) is 9.10. The van der Waals surface area contributed by atoms with Gasteiger partial charge >= 0.3 is 0 Å². The predicted molar refractivity (Wildman–Crippen MR) is 70.5 cm³/mol. The van der Waals surface area contributed by atoms with Crippen LogP contribution in [0, 0.1) is 6.92 Å². The molecule has 98 valence electrons. The van der Waals surface area contributed by atoms with Crippen LogP contribution in [0.1, 0.15) is 16.1 Å². The van der Waals surface area contributed by atoms with Crippen LogP contribution in [0.25, 0.3) is 0 Å². The van der Waals surface area contributed by atoms with Gasteiger partial charge in [-0.1, -0.05) is 0 Å². The van der Waals surface area contributed by atoms with Crippen LogP contribution in [0.4, 0.5) is 5.82 Å². The lowest BCUT2D eigenvalue weighted by molar-refractivity contribution is 0.102. The van der Waals surface area contributed by atoms with Crippen LogP contribution in [-0.4, -0.2) is 23.0 Å². The molecule has 0 atom stereocenters. The van der Waals surface area contributed by atoms with Crippen molar-refractivity contribution in [2.24, 2.45) is 0 Å². The number of carbonyl (C=O) groups excluding carboxylic acids is 1. The lowest BCUT2D eigenvalue weighted by Crippen LogP contribution is -2.23. The summed E-state index contributed by atoms with van der Waals surface area (Å²) in [7, 11) is 1.52. The van der Waals surface area contributed by atoms with E-state index in [1.807, 2.05) is 0 Å². The Morgan fingerprint density at radius 2 is 2.16 bits per heavy atom. The molecule has 0 radical (unpaired) electrons. The molecular formula is C13H13N3O3. The van der Waals surface area contributed by atoms with Crippen molar-refractivity contribution < 1.29 is 9.53 Å². The number of H-pyrrole nitrogens is 1. The number of ether oxygens (including phenoxy) is 1. The van der Waals surface area contributed by atoms with Gasteiger partial charge in [0, 0.05) is 18.0 Å². The Morgan fingerprint density at radius 3 is 2.84 bits per heavy atom. The molecule has 0 fully saturated rings. The first-order valence-corrected chi connectivity index (χ1v) is 5.61. The summed E-state index contributed by atoms with van der Waals surface area (Å²) in [5.41, 5.74) is 0.302. The average molecular weight is 259 g/mol. The number of nitrogens with zero attached hydrogens (tertiary/aromatic N) is 1. The van der Waals surface area contributed by atoms with Gasteiger partial charge in [-0.25, -0.2) is 4.98 Å². The Balaban J connectivity index is 2.23. The van der Waals surface area contributed by atoms with Crippen LogP contribution in [0.3, 0.4) is 0 Å². The number of anilines is 1. The van der Waals surface area contributed by atoms with Crippen molar-refractivity contribution in [2.75, 3.05) is 12.4 Å². The van der Waals surface area contributed by atoms with E-state index in [1.165, 1.54) is 19.4 Å². The van der Waals surface area contributed by atoms with E-state index in [9.17, 15) is 9.59 Å². The maximum atomic E-state index is 11.9. The van der Waals surface area contributed by atoms with Gasteiger partial charge in [0.25, 0.3) is 11.5 Å². The molecule has 0 aliphatic carbocycles. The SMILES string of the molecule is COc1ccnc(NC(=O)c2ccc(C)[nH]c2=O)c1. The zero-order valence-corrected chi connectivity index (χ0v) is 10.6. The van der Waals surface area contributed by atoms with Crippen LogP contribution in [0.2, 0.25) is 0 Å². The van der Waals surface area contributed by atoms with Gasteiger partial charge in [-0.05, 0) is 25.1 Å². The number of rotatable bonds is 3. The van der Waals surface area contributed by atoms with E-state index in [-0.39, 0.29) is 5.56 Å². The maximum absolute atomic E-state index is 11.9. The van der Waals surface area contributed by atoms with Crippen LogP contribution in [0.5, 0.6) is 5.75 Å². The van der Waals surface area contributed by atoms with Crippen LogP contribution in [-0.2, 0) is 0 Å². The van der Waals surface area contributed by atoms with E-state index in [1.54, 1.807) is 25.1 Å². The fourth-order valence-electron chi connectivity index (χ4n) is 1.54. The Kier molecular flexibility index (Phi) is 3.61. The predicted octanol–water partition coefficient (Wildman–Crippen LogP) is 1.34. The topological polar surface area (TPSA) is 84.1 Å². The third-order valence-electron chi connectivity index (χ3n) is 2.51. The number of pyridine rings is 2. The average Bonchev–Trinajstić information content (AvgIpc) is 2.38. The number of amides is 1. The Hall–Kier alpha value is -2.63. The molecule has 0 aliphatic rings. The highest BCUT2D eigenvalue weighted by molar-refractivity contribution is 6.03. The lowest BCUT2D eigenvalue weighted by atomic mass is 10.2. The number of hydrogen-bond donors (Lipinski definition) is 2. The first-order valence-electron chi connectivity index (χ1n) is 5.61. The molecule has 0 aliphatic heterocycles. The van der Waals surface area contributed by atoms with Gasteiger partial charge < -0.3 is 15.0 Å². The molecule has 2 rings (SSSR count). The second-order valence-corrected chi connectivity index (χ2v) is 3.92. The minimum absolute atomic E-state index is 0.0372. The highest BCUT2D eigenvalue weighted by Crippen LogP contribution is 2.14. The van der Waals surface area contributed by atoms with Crippen LogP contribution < -0.4 is 15.6 Å². The van der Waals surface area contributed by atoms with Crippen molar-refractivity contribution in [3.8, 4) is 5.75 Å². The fourth-order valence-corrected chi connectivity index (χ4v) is 1.54. The normalized spacial score (nSPS) is 10.0. The van der Waals surface area contributed by atoms with Crippen molar-refractivity contribution in [1.82, 2.24) is 9.97 Å². The zero-order valence-electron chi connectivity index (χ0n) is 10.6. The molecule has 1 amide bonds. The maximum Gasteiger partial charge on any atom is 0.262 e. The highest BCUT2D eigenvalue weighted by Gasteiger charge is 2.11. The third kappa shape index (κ3) is 2.98. The number of hydrogen-bond acceptors (Lipinski definition) is 4. The molecule has 0 bridgehead atoms. The smallest absolute Gasteiger partial charge is 0.262 e. The molecule has 2 aromatic rings. The van der Waals surface area contributed by atoms with Crippen molar-refractivity contribution in [2.45, 2.75) is 6.92 Å². The minimum Gasteiger partial charge on any atom is -0.497 e. The summed E-state index contributed by atoms with van der Waals surface area (Å²) in [6.07, 6.45) is 1.51. The van der Waals surface area contributed by atoms with Gasteiger partial charge in [-0.3, -0.25) is 9.59 Å². The van der Waals surface area contributed by atoms with E-state index in [0.29, 0.717) is 17.3 Å². The van der Waals surface area contributed by atoms with Gasteiger partial charge in [-0.2, -0.15) is 0 Å². The quantitative estimate of drug-likeness (QED) is 0.871. The molecule has 0 spiro atoms. The Morgan fingerprint density at radius 1 is 1.37 bits per heavy atom. The summed E-state index contributed by atoms with van der Waals surface area (Å²) in [5, 5.41) is 2.54. The number of aromatic amines is 1. The Bertz CT molecular complexity index is 664. The van der Waals surface area contributed by atoms with Gasteiger partial charge in [-0.15, -0.1) is 0 Å².